The van der Waals surface area contributed by atoms with Gasteiger partial charge in [0.15, 0.2) is 18.2 Å². The Balaban J connectivity index is 1.20. The molecule has 11 nitrogen and oxygen atoms in total. The van der Waals surface area contributed by atoms with Gasteiger partial charge in [-0.3, -0.25) is 4.79 Å². The van der Waals surface area contributed by atoms with Crippen LogP contribution in [-0.2, 0) is 23.7 Å². The summed E-state index contributed by atoms with van der Waals surface area (Å²) in [6.07, 6.45) is -0.0661. The van der Waals surface area contributed by atoms with Crippen molar-refractivity contribution in [3.05, 3.63) is 11.6 Å². The zero-order chi connectivity index (χ0) is 35.2. The summed E-state index contributed by atoms with van der Waals surface area (Å²) in [6.45, 7) is 15.2. The molecule has 0 amide bonds. The largest absolute Gasteiger partial charge is 0.457 e. The molecule has 272 valence electrons. The van der Waals surface area contributed by atoms with E-state index in [1.165, 1.54) is 12.5 Å². The molecule has 0 aromatic heterocycles. The predicted molar refractivity (Wildman–Crippen MR) is 172 cm³/mol. The number of rotatable bonds is 5. The van der Waals surface area contributed by atoms with Gasteiger partial charge in [0.1, 0.15) is 30.5 Å². The van der Waals surface area contributed by atoms with Crippen LogP contribution < -0.4 is 0 Å². The van der Waals surface area contributed by atoms with Crippen LogP contribution in [-0.4, -0.2) is 104 Å². The molecule has 0 bridgehead atoms. The molecule has 16 atom stereocenters. The number of esters is 1. The summed E-state index contributed by atoms with van der Waals surface area (Å²) < 4.78 is 24.2. The Bertz CT molecular complexity index is 1360. The highest BCUT2D eigenvalue weighted by Crippen LogP contribution is 2.88. The molecule has 2 spiro atoms. The van der Waals surface area contributed by atoms with Gasteiger partial charge in [0.2, 0.25) is 0 Å². The van der Waals surface area contributed by atoms with E-state index in [2.05, 4.69) is 40.7 Å². The maximum atomic E-state index is 12.6. The average molecular weight is 679 g/mol. The first kappa shape index (κ1) is 35.3. The number of allylic oxidation sites excluding steroid dienone is 1. The second-order valence-electron chi connectivity index (χ2n) is 18.4. The summed E-state index contributed by atoms with van der Waals surface area (Å²) in [5.41, 5.74) is -1.83. The highest BCUT2D eigenvalue weighted by molar-refractivity contribution is 5.66. The van der Waals surface area contributed by atoms with Crippen LogP contribution in [0.2, 0.25) is 0 Å². The zero-order valence-corrected chi connectivity index (χ0v) is 29.8. The highest BCUT2D eigenvalue weighted by Gasteiger charge is 2.85. The van der Waals surface area contributed by atoms with E-state index in [1.54, 1.807) is 13.8 Å². The monoisotopic (exact) mass is 678 g/mol. The number of hydrogen-bond acceptors (Lipinski definition) is 11. The standard InChI is InChI=1S/C37H58O11/c1-18-15-21(28(32(5,6)43)46-19(2)38)48-37(44)27(18)33(7)13-14-36-17-35(36)12-11-24(47-29-26(41)25(40)20(39)16-45-29)31(3,4)22(35)9-10-23(36)34(33,8)30(37)42/h10,18,20-22,24-30,39-44H,9,11-17H2,1-8H3/t18-,20+,21-,22+,24+,25+,26-,27-,28-,29+,30-,33-,34-,35-,36+,37-/m1/s1. The van der Waals surface area contributed by atoms with E-state index in [-0.39, 0.29) is 46.7 Å². The molecule has 5 aliphatic carbocycles. The molecule has 7 rings (SSSR count). The Morgan fingerprint density at radius 1 is 1.06 bits per heavy atom. The van der Waals surface area contributed by atoms with Crippen LogP contribution in [0.4, 0.5) is 0 Å². The number of aliphatic hydroxyl groups is 6. The first-order valence-electron chi connectivity index (χ1n) is 18.1. The van der Waals surface area contributed by atoms with Gasteiger partial charge < -0.3 is 49.6 Å². The molecule has 2 aliphatic heterocycles. The van der Waals surface area contributed by atoms with Crippen LogP contribution in [0.1, 0.15) is 100 Å². The van der Waals surface area contributed by atoms with Crippen molar-refractivity contribution in [2.45, 2.75) is 161 Å². The number of carbonyl (C=O) groups excluding carboxylic acids is 1. The van der Waals surface area contributed by atoms with Gasteiger partial charge in [-0.2, -0.15) is 0 Å². The van der Waals surface area contributed by atoms with Gasteiger partial charge in [0, 0.05) is 18.3 Å². The van der Waals surface area contributed by atoms with Crippen LogP contribution in [0.25, 0.3) is 0 Å². The molecule has 2 saturated heterocycles. The molecule has 4 saturated carbocycles. The van der Waals surface area contributed by atoms with Crippen molar-refractivity contribution in [1.82, 2.24) is 0 Å². The van der Waals surface area contributed by atoms with E-state index in [1.807, 2.05) is 0 Å². The molecule has 11 heteroatoms. The van der Waals surface area contributed by atoms with E-state index in [0.717, 1.165) is 38.5 Å². The van der Waals surface area contributed by atoms with Crippen molar-refractivity contribution in [2.75, 3.05) is 6.61 Å². The first-order valence-corrected chi connectivity index (χ1v) is 18.1. The molecule has 6 N–H and O–H groups in total. The van der Waals surface area contributed by atoms with Gasteiger partial charge in [0.25, 0.3) is 0 Å². The molecule has 0 unspecified atom stereocenters. The number of fused-ring (bicyclic) bond motifs is 4. The zero-order valence-electron chi connectivity index (χ0n) is 29.8. The molecule has 48 heavy (non-hydrogen) atoms. The lowest BCUT2D eigenvalue weighted by atomic mass is 9.44. The number of ether oxygens (including phenoxy) is 4. The fourth-order valence-electron chi connectivity index (χ4n) is 13.0. The van der Waals surface area contributed by atoms with Crippen LogP contribution in [0, 0.1) is 44.8 Å². The van der Waals surface area contributed by atoms with Gasteiger partial charge in [0.05, 0.1) is 18.3 Å². The number of aliphatic hydroxyl groups excluding tert-OH is 4. The van der Waals surface area contributed by atoms with Crippen molar-refractivity contribution in [2.24, 2.45) is 44.8 Å². The SMILES string of the molecule is CC(=O)O[C@H]([C@H]1C[C@@H](C)[C@H]2[C@@](O)(O1)[C@H](O)[C@@]1(C)C3=CC[C@H]4C(C)(C)[C@@H](O[C@@H]5OC[C@H](O)[C@H](O)[C@H]5O)CC[C@@]45C[C@@]35CC[C@]21C)C(C)(C)O. The summed E-state index contributed by atoms with van der Waals surface area (Å²) >= 11 is 0. The van der Waals surface area contributed by atoms with E-state index < -0.39 is 71.1 Å². The van der Waals surface area contributed by atoms with Gasteiger partial charge >= 0.3 is 5.97 Å². The summed E-state index contributed by atoms with van der Waals surface area (Å²) in [6, 6.07) is 0. The third-order valence-corrected chi connectivity index (χ3v) is 15.2. The Morgan fingerprint density at radius 2 is 1.75 bits per heavy atom. The number of carbonyl (C=O) groups is 1. The second-order valence-corrected chi connectivity index (χ2v) is 18.4. The van der Waals surface area contributed by atoms with Crippen LogP contribution in [0.3, 0.4) is 0 Å². The lowest BCUT2D eigenvalue weighted by Gasteiger charge is -2.60. The summed E-state index contributed by atoms with van der Waals surface area (Å²) in [5.74, 6) is -2.63. The molecule has 0 aromatic rings. The quantitative estimate of drug-likeness (QED) is 0.186. The smallest absolute Gasteiger partial charge is 0.303 e. The van der Waals surface area contributed by atoms with Gasteiger partial charge in [-0.15, -0.1) is 0 Å². The van der Waals surface area contributed by atoms with Gasteiger partial charge in [-0.1, -0.05) is 46.3 Å². The van der Waals surface area contributed by atoms with Crippen molar-refractivity contribution >= 4 is 5.97 Å². The molecular weight excluding hydrogens is 620 g/mol. The van der Waals surface area contributed by atoms with Crippen molar-refractivity contribution in [3.8, 4) is 0 Å². The van der Waals surface area contributed by atoms with Crippen LogP contribution >= 0.6 is 0 Å². The maximum Gasteiger partial charge on any atom is 0.303 e. The fraction of sp³-hybridized carbons (Fsp3) is 0.919. The van der Waals surface area contributed by atoms with E-state index in [0.29, 0.717) is 6.42 Å². The van der Waals surface area contributed by atoms with Crippen LogP contribution in [0.15, 0.2) is 11.6 Å². The Labute approximate surface area is 284 Å². The Hall–Kier alpha value is -1.15. The van der Waals surface area contributed by atoms with Crippen molar-refractivity contribution in [3.63, 3.8) is 0 Å². The Morgan fingerprint density at radius 3 is 2.40 bits per heavy atom. The van der Waals surface area contributed by atoms with Crippen molar-refractivity contribution in [1.29, 1.82) is 0 Å². The molecule has 2 heterocycles. The van der Waals surface area contributed by atoms with Crippen molar-refractivity contribution < 1.29 is 54.4 Å². The highest BCUT2D eigenvalue weighted by atomic mass is 16.7. The average Bonchev–Trinajstić information content (AvgIpc) is 3.62. The van der Waals surface area contributed by atoms with E-state index in [9.17, 15) is 35.4 Å². The maximum absolute atomic E-state index is 12.6. The summed E-state index contributed by atoms with van der Waals surface area (Å²) in [5, 5.41) is 66.9. The van der Waals surface area contributed by atoms with Gasteiger partial charge in [-0.25, -0.2) is 0 Å². The third-order valence-electron chi connectivity index (χ3n) is 15.2. The van der Waals surface area contributed by atoms with E-state index in [4.69, 9.17) is 18.9 Å². The topological polar surface area (TPSA) is 175 Å². The minimum atomic E-state index is -1.90. The van der Waals surface area contributed by atoms with Crippen LogP contribution in [0.5, 0.6) is 0 Å². The normalized spacial score (nSPS) is 54.4. The molecule has 0 aromatic carbocycles. The lowest BCUT2D eigenvalue weighted by molar-refractivity contribution is -0.341. The first-order chi connectivity index (χ1) is 22.1. The predicted octanol–water partition coefficient (Wildman–Crippen LogP) is 2.57. The molecule has 7 aliphatic rings. The fourth-order valence-corrected chi connectivity index (χ4v) is 13.0. The van der Waals surface area contributed by atoms with E-state index >= 15 is 0 Å². The molecule has 0 radical (unpaired) electrons. The Kier molecular flexibility index (Phi) is 7.86. The minimum Gasteiger partial charge on any atom is -0.457 e. The second kappa shape index (κ2) is 10.7. The minimum absolute atomic E-state index is 0.0129. The number of hydrogen-bond donors (Lipinski definition) is 6. The third kappa shape index (κ3) is 4.35. The summed E-state index contributed by atoms with van der Waals surface area (Å²) in [7, 11) is 0. The molecular formula is C37H58O11. The van der Waals surface area contributed by atoms with Gasteiger partial charge in [-0.05, 0) is 92.3 Å². The summed E-state index contributed by atoms with van der Waals surface area (Å²) in [4.78, 5) is 12.1. The molecule has 6 fully saturated rings. The lowest BCUT2D eigenvalue weighted by Crippen LogP contribution is -2.61.